The normalized spacial score (nSPS) is 12.4. The molecule has 0 aliphatic carbocycles. The Kier molecular flexibility index (Phi) is 3.66. The molecule has 4 heteroatoms. The molecule has 0 bridgehead atoms. The summed E-state index contributed by atoms with van der Waals surface area (Å²) in [5.74, 6) is -2.52. The van der Waals surface area contributed by atoms with E-state index in [1.807, 2.05) is 0 Å². The van der Waals surface area contributed by atoms with Crippen LogP contribution in [0.5, 0.6) is 5.75 Å². The lowest BCUT2D eigenvalue weighted by molar-refractivity contribution is -0.141. The minimum Gasteiger partial charge on any atom is -0.505 e. The Labute approximate surface area is 87.2 Å². The van der Waals surface area contributed by atoms with Crippen molar-refractivity contribution >= 4 is 5.97 Å². The van der Waals surface area contributed by atoms with Gasteiger partial charge in [0.05, 0.1) is 5.92 Å². The first-order chi connectivity index (χ1) is 7.04. The van der Waals surface area contributed by atoms with E-state index in [2.05, 4.69) is 0 Å². The van der Waals surface area contributed by atoms with Gasteiger partial charge in [0, 0.05) is 0 Å². The Morgan fingerprint density at radius 3 is 2.67 bits per heavy atom. The average molecular weight is 212 g/mol. The molecule has 1 atom stereocenters. The van der Waals surface area contributed by atoms with E-state index in [0.29, 0.717) is 12.0 Å². The van der Waals surface area contributed by atoms with E-state index >= 15 is 0 Å². The fourth-order valence-corrected chi connectivity index (χ4v) is 1.37. The van der Waals surface area contributed by atoms with E-state index in [0.717, 1.165) is 0 Å². The van der Waals surface area contributed by atoms with Crippen molar-refractivity contribution in [1.82, 2.24) is 0 Å². The molecule has 1 unspecified atom stereocenters. The van der Waals surface area contributed by atoms with Gasteiger partial charge in [-0.25, -0.2) is 4.39 Å². The second kappa shape index (κ2) is 4.77. The number of hydrogen-bond donors (Lipinski definition) is 2. The van der Waals surface area contributed by atoms with Gasteiger partial charge in [-0.15, -0.1) is 0 Å². The minimum atomic E-state index is -0.883. The highest BCUT2D eigenvalue weighted by Gasteiger charge is 2.16. The van der Waals surface area contributed by atoms with Crippen LogP contribution in [0.15, 0.2) is 18.2 Å². The van der Waals surface area contributed by atoms with Gasteiger partial charge in [-0.2, -0.15) is 0 Å². The van der Waals surface area contributed by atoms with Crippen LogP contribution in [0.4, 0.5) is 4.39 Å². The number of carbonyl (C=O) groups is 1. The summed E-state index contributed by atoms with van der Waals surface area (Å²) in [6.07, 6.45) is 0.779. The third-order valence-electron chi connectivity index (χ3n) is 2.34. The molecule has 0 aromatic heterocycles. The molecule has 0 amide bonds. The molecule has 3 nitrogen and oxygen atoms in total. The molecule has 0 saturated carbocycles. The second-order valence-corrected chi connectivity index (χ2v) is 3.43. The summed E-state index contributed by atoms with van der Waals surface area (Å²) in [7, 11) is 0. The Bertz CT molecular complexity index is 363. The Morgan fingerprint density at radius 1 is 1.53 bits per heavy atom. The van der Waals surface area contributed by atoms with Crippen LogP contribution in [0.3, 0.4) is 0 Å². The number of carboxylic acids is 1. The standard InChI is InChI=1S/C11H13FO3/c1-2-8(11(14)15)5-7-3-4-10(13)9(12)6-7/h3-4,6,8,13H,2,5H2,1H3,(H,14,15). The molecular weight excluding hydrogens is 199 g/mol. The molecule has 0 heterocycles. The molecular formula is C11H13FO3. The zero-order valence-corrected chi connectivity index (χ0v) is 8.40. The highest BCUT2D eigenvalue weighted by Crippen LogP contribution is 2.19. The molecule has 0 radical (unpaired) electrons. The molecule has 0 aliphatic rings. The average Bonchev–Trinajstić information content (AvgIpc) is 2.19. The molecule has 15 heavy (non-hydrogen) atoms. The summed E-state index contributed by atoms with van der Waals surface area (Å²) in [4.78, 5) is 10.7. The lowest BCUT2D eigenvalue weighted by atomic mass is 9.97. The summed E-state index contributed by atoms with van der Waals surface area (Å²) in [5.41, 5.74) is 0.583. The van der Waals surface area contributed by atoms with Crippen molar-refractivity contribution in [2.75, 3.05) is 0 Å². The van der Waals surface area contributed by atoms with E-state index in [-0.39, 0.29) is 6.42 Å². The van der Waals surface area contributed by atoms with Crippen molar-refractivity contribution in [3.8, 4) is 5.75 Å². The van der Waals surface area contributed by atoms with Crippen LogP contribution in [0.1, 0.15) is 18.9 Å². The van der Waals surface area contributed by atoms with Crippen LogP contribution >= 0.6 is 0 Å². The number of hydrogen-bond acceptors (Lipinski definition) is 2. The van der Waals surface area contributed by atoms with Crippen LogP contribution in [-0.4, -0.2) is 16.2 Å². The summed E-state index contributed by atoms with van der Waals surface area (Å²) in [6.45, 7) is 1.77. The van der Waals surface area contributed by atoms with E-state index in [9.17, 15) is 9.18 Å². The lowest BCUT2D eigenvalue weighted by Gasteiger charge is -2.09. The summed E-state index contributed by atoms with van der Waals surface area (Å²) in [5, 5.41) is 17.8. The van der Waals surface area contributed by atoms with Crippen molar-refractivity contribution < 1.29 is 19.4 Å². The topological polar surface area (TPSA) is 57.5 Å². The molecule has 0 spiro atoms. The van der Waals surface area contributed by atoms with Crippen LogP contribution < -0.4 is 0 Å². The minimum absolute atomic E-state index is 0.281. The van der Waals surface area contributed by atoms with Crippen LogP contribution in [0.25, 0.3) is 0 Å². The largest absolute Gasteiger partial charge is 0.505 e. The van der Waals surface area contributed by atoms with Crippen molar-refractivity contribution in [2.24, 2.45) is 5.92 Å². The Balaban J connectivity index is 2.80. The molecule has 1 aromatic rings. The Morgan fingerprint density at radius 2 is 2.20 bits per heavy atom. The van der Waals surface area contributed by atoms with Crippen molar-refractivity contribution in [1.29, 1.82) is 0 Å². The fraction of sp³-hybridized carbons (Fsp3) is 0.364. The number of halogens is 1. The highest BCUT2D eigenvalue weighted by atomic mass is 19.1. The number of phenolic OH excluding ortho intramolecular Hbond substituents is 1. The highest BCUT2D eigenvalue weighted by molar-refractivity contribution is 5.70. The van der Waals surface area contributed by atoms with Gasteiger partial charge < -0.3 is 10.2 Å². The van der Waals surface area contributed by atoms with E-state index in [4.69, 9.17) is 10.2 Å². The SMILES string of the molecule is CCC(Cc1ccc(O)c(F)c1)C(=O)O. The number of rotatable bonds is 4. The van der Waals surface area contributed by atoms with Crippen molar-refractivity contribution in [3.05, 3.63) is 29.6 Å². The number of aliphatic carboxylic acids is 1. The summed E-state index contributed by atoms with van der Waals surface area (Å²) in [6, 6.07) is 3.93. The van der Waals surface area contributed by atoms with E-state index in [1.54, 1.807) is 6.92 Å². The van der Waals surface area contributed by atoms with Crippen molar-refractivity contribution in [2.45, 2.75) is 19.8 Å². The molecule has 82 valence electrons. The molecule has 1 aromatic carbocycles. The number of aromatic hydroxyl groups is 1. The maximum absolute atomic E-state index is 12.9. The predicted molar refractivity (Wildman–Crippen MR) is 53.2 cm³/mol. The van der Waals surface area contributed by atoms with Crippen LogP contribution in [-0.2, 0) is 11.2 Å². The summed E-state index contributed by atoms with van der Waals surface area (Å²) < 4.78 is 12.9. The predicted octanol–water partition coefficient (Wildman–Crippen LogP) is 2.18. The second-order valence-electron chi connectivity index (χ2n) is 3.43. The van der Waals surface area contributed by atoms with E-state index < -0.39 is 23.5 Å². The van der Waals surface area contributed by atoms with Gasteiger partial charge in [0.15, 0.2) is 11.6 Å². The first kappa shape index (κ1) is 11.5. The maximum atomic E-state index is 12.9. The van der Waals surface area contributed by atoms with Gasteiger partial charge in [-0.3, -0.25) is 4.79 Å². The zero-order chi connectivity index (χ0) is 11.4. The number of carboxylic acid groups (broad SMARTS) is 1. The molecule has 1 rings (SSSR count). The molecule has 0 aliphatic heterocycles. The van der Waals surface area contributed by atoms with Gasteiger partial charge in [-0.05, 0) is 30.5 Å². The quantitative estimate of drug-likeness (QED) is 0.804. The third-order valence-corrected chi connectivity index (χ3v) is 2.34. The number of benzene rings is 1. The van der Waals surface area contributed by atoms with Gasteiger partial charge in [-0.1, -0.05) is 13.0 Å². The smallest absolute Gasteiger partial charge is 0.306 e. The van der Waals surface area contributed by atoms with Gasteiger partial charge in [0.2, 0.25) is 0 Å². The third kappa shape index (κ3) is 2.94. The fourth-order valence-electron chi connectivity index (χ4n) is 1.37. The monoisotopic (exact) mass is 212 g/mol. The lowest BCUT2D eigenvalue weighted by Crippen LogP contribution is -2.15. The summed E-state index contributed by atoms with van der Waals surface area (Å²) >= 11 is 0. The first-order valence-corrected chi connectivity index (χ1v) is 4.74. The van der Waals surface area contributed by atoms with E-state index in [1.165, 1.54) is 18.2 Å². The Hall–Kier alpha value is -1.58. The molecule has 0 saturated heterocycles. The molecule has 2 N–H and O–H groups in total. The zero-order valence-electron chi connectivity index (χ0n) is 8.40. The van der Waals surface area contributed by atoms with Crippen LogP contribution in [0.2, 0.25) is 0 Å². The van der Waals surface area contributed by atoms with Gasteiger partial charge >= 0.3 is 5.97 Å². The van der Waals surface area contributed by atoms with Gasteiger partial charge in [0.1, 0.15) is 0 Å². The number of phenols is 1. The van der Waals surface area contributed by atoms with Gasteiger partial charge in [0.25, 0.3) is 0 Å². The van der Waals surface area contributed by atoms with Crippen molar-refractivity contribution in [3.63, 3.8) is 0 Å². The first-order valence-electron chi connectivity index (χ1n) is 4.74. The van der Waals surface area contributed by atoms with Crippen LogP contribution in [0, 0.1) is 11.7 Å². The maximum Gasteiger partial charge on any atom is 0.306 e. The molecule has 0 fully saturated rings.